The van der Waals surface area contributed by atoms with Gasteiger partial charge < -0.3 is 5.73 Å². The highest BCUT2D eigenvalue weighted by atomic mass is 35.5. The third-order valence-electron chi connectivity index (χ3n) is 3.89. The molecule has 0 aliphatic heterocycles. The fourth-order valence-corrected chi connectivity index (χ4v) is 3.87. The summed E-state index contributed by atoms with van der Waals surface area (Å²) in [6.07, 6.45) is 0. The lowest BCUT2D eigenvalue weighted by Gasteiger charge is -2.33. The fourth-order valence-electron chi connectivity index (χ4n) is 2.49. The minimum Gasteiger partial charge on any atom is -0.329 e. The summed E-state index contributed by atoms with van der Waals surface area (Å²) >= 11 is 8.08. The van der Waals surface area contributed by atoms with E-state index in [1.54, 1.807) is 11.3 Å². The van der Waals surface area contributed by atoms with Crippen LogP contribution in [0.25, 0.3) is 0 Å². The van der Waals surface area contributed by atoms with E-state index in [9.17, 15) is 0 Å². The molecule has 1 heterocycles. The van der Waals surface area contributed by atoms with Crippen molar-refractivity contribution >= 4 is 22.9 Å². The van der Waals surface area contributed by atoms with Crippen molar-refractivity contribution in [3.63, 3.8) is 0 Å². The SMILES string of the molecule is Cc1ccsc1C(CN)N(C)C(C)c1ccccc1Cl. The average Bonchev–Trinajstić information content (AvgIpc) is 2.86. The van der Waals surface area contributed by atoms with Gasteiger partial charge in [0.25, 0.3) is 0 Å². The monoisotopic (exact) mass is 308 g/mol. The van der Waals surface area contributed by atoms with E-state index in [1.165, 1.54) is 10.4 Å². The van der Waals surface area contributed by atoms with Crippen molar-refractivity contribution in [1.82, 2.24) is 4.90 Å². The molecule has 0 bridgehead atoms. The van der Waals surface area contributed by atoms with Crippen molar-refractivity contribution < 1.29 is 0 Å². The van der Waals surface area contributed by atoms with Crippen molar-refractivity contribution in [3.8, 4) is 0 Å². The lowest BCUT2D eigenvalue weighted by molar-refractivity contribution is 0.192. The van der Waals surface area contributed by atoms with E-state index in [-0.39, 0.29) is 12.1 Å². The maximum Gasteiger partial charge on any atom is 0.0569 e. The van der Waals surface area contributed by atoms with Crippen molar-refractivity contribution in [2.75, 3.05) is 13.6 Å². The van der Waals surface area contributed by atoms with Crippen LogP contribution in [0.3, 0.4) is 0 Å². The number of hydrogen-bond acceptors (Lipinski definition) is 3. The predicted molar refractivity (Wildman–Crippen MR) is 88.5 cm³/mol. The molecule has 4 heteroatoms. The molecule has 2 aromatic rings. The summed E-state index contributed by atoms with van der Waals surface area (Å²) in [4.78, 5) is 3.65. The topological polar surface area (TPSA) is 29.3 Å². The van der Waals surface area contributed by atoms with Crippen molar-refractivity contribution in [1.29, 1.82) is 0 Å². The molecule has 0 saturated heterocycles. The van der Waals surface area contributed by atoms with Crippen LogP contribution in [0.15, 0.2) is 35.7 Å². The molecule has 2 nitrogen and oxygen atoms in total. The first-order valence-corrected chi connectivity index (χ1v) is 8.02. The van der Waals surface area contributed by atoms with Crippen LogP contribution in [0.5, 0.6) is 0 Å². The largest absolute Gasteiger partial charge is 0.329 e. The van der Waals surface area contributed by atoms with Gasteiger partial charge in [-0.2, -0.15) is 0 Å². The maximum atomic E-state index is 6.31. The van der Waals surface area contributed by atoms with Gasteiger partial charge in [-0.05, 0) is 49.5 Å². The second-order valence-electron chi connectivity index (χ2n) is 5.08. The van der Waals surface area contributed by atoms with Crippen LogP contribution in [0.4, 0.5) is 0 Å². The molecule has 108 valence electrons. The number of aryl methyl sites for hydroxylation is 1. The van der Waals surface area contributed by atoms with Crippen molar-refractivity contribution in [2.45, 2.75) is 25.9 Å². The zero-order valence-corrected chi connectivity index (χ0v) is 13.7. The second-order valence-corrected chi connectivity index (χ2v) is 6.44. The third-order valence-corrected chi connectivity index (χ3v) is 5.35. The molecule has 1 aromatic carbocycles. The Bertz CT molecular complexity index is 567. The average molecular weight is 309 g/mol. The van der Waals surface area contributed by atoms with Gasteiger partial charge in [-0.25, -0.2) is 0 Å². The van der Waals surface area contributed by atoms with Crippen LogP contribution < -0.4 is 5.73 Å². The summed E-state index contributed by atoms with van der Waals surface area (Å²) in [6.45, 7) is 4.92. The third kappa shape index (κ3) is 3.07. The van der Waals surface area contributed by atoms with E-state index in [0.29, 0.717) is 6.54 Å². The number of likely N-dealkylation sites (N-methyl/N-ethyl adjacent to an activating group) is 1. The van der Waals surface area contributed by atoms with E-state index in [2.05, 4.69) is 43.3 Å². The Hall–Kier alpha value is -0.870. The maximum absolute atomic E-state index is 6.31. The predicted octanol–water partition coefficient (Wildman–Crippen LogP) is 4.40. The summed E-state index contributed by atoms with van der Waals surface area (Å²) < 4.78 is 0. The normalized spacial score (nSPS) is 14.5. The molecule has 0 saturated carbocycles. The Labute approximate surface area is 130 Å². The van der Waals surface area contributed by atoms with Crippen molar-refractivity contribution in [2.24, 2.45) is 5.73 Å². The molecular formula is C16H21ClN2S. The molecule has 2 rings (SSSR count). The van der Waals surface area contributed by atoms with Gasteiger partial charge >= 0.3 is 0 Å². The zero-order valence-electron chi connectivity index (χ0n) is 12.1. The Morgan fingerprint density at radius 3 is 2.55 bits per heavy atom. The standard InChI is InChI=1S/C16H21ClN2S/c1-11-8-9-20-16(11)15(10-18)19(3)12(2)13-6-4-5-7-14(13)17/h4-9,12,15H,10,18H2,1-3H3. The molecule has 2 unspecified atom stereocenters. The molecule has 2 atom stereocenters. The van der Waals surface area contributed by atoms with Gasteiger partial charge in [0, 0.05) is 22.5 Å². The summed E-state index contributed by atoms with van der Waals surface area (Å²) in [7, 11) is 2.12. The molecular weight excluding hydrogens is 288 g/mol. The highest BCUT2D eigenvalue weighted by molar-refractivity contribution is 7.10. The molecule has 0 fully saturated rings. The summed E-state index contributed by atoms with van der Waals surface area (Å²) in [5.41, 5.74) is 8.47. The number of thiophene rings is 1. The molecule has 0 aliphatic rings. The number of halogens is 1. The Kier molecular flexibility index (Phi) is 5.22. The first-order chi connectivity index (χ1) is 9.56. The van der Waals surface area contributed by atoms with E-state index in [1.807, 2.05) is 18.2 Å². The minimum absolute atomic E-state index is 0.221. The number of rotatable bonds is 5. The lowest BCUT2D eigenvalue weighted by atomic mass is 10.0. The summed E-state index contributed by atoms with van der Waals surface area (Å²) in [5, 5.41) is 2.94. The smallest absolute Gasteiger partial charge is 0.0569 e. The lowest BCUT2D eigenvalue weighted by Crippen LogP contribution is -2.32. The quantitative estimate of drug-likeness (QED) is 0.887. The Morgan fingerprint density at radius 2 is 2.00 bits per heavy atom. The highest BCUT2D eigenvalue weighted by Gasteiger charge is 2.24. The first-order valence-electron chi connectivity index (χ1n) is 6.76. The number of benzene rings is 1. The van der Waals surface area contributed by atoms with Gasteiger partial charge in [0.1, 0.15) is 0 Å². The summed E-state index contributed by atoms with van der Waals surface area (Å²) in [6, 6.07) is 10.6. The van der Waals surface area contributed by atoms with Crippen LogP contribution in [0.2, 0.25) is 5.02 Å². The molecule has 20 heavy (non-hydrogen) atoms. The van der Waals surface area contributed by atoms with Crippen LogP contribution >= 0.6 is 22.9 Å². The zero-order chi connectivity index (χ0) is 14.7. The van der Waals surface area contributed by atoms with E-state index in [4.69, 9.17) is 17.3 Å². The van der Waals surface area contributed by atoms with Gasteiger partial charge in [0.2, 0.25) is 0 Å². The number of nitrogens with two attached hydrogens (primary N) is 1. The van der Waals surface area contributed by atoms with Crippen LogP contribution in [0, 0.1) is 6.92 Å². The van der Waals surface area contributed by atoms with Crippen molar-refractivity contribution in [3.05, 3.63) is 56.7 Å². The van der Waals surface area contributed by atoms with Gasteiger partial charge in [-0.3, -0.25) is 4.90 Å². The molecule has 0 spiro atoms. The molecule has 0 aliphatic carbocycles. The molecule has 1 aromatic heterocycles. The second kappa shape index (κ2) is 6.72. The van der Waals surface area contributed by atoms with Gasteiger partial charge in [-0.15, -0.1) is 11.3 Å². The Balaban J connectivity index is 2.27. The number of nitrogens with zero attached hydrogens (tertiary/aromatic N) is 1. The number of hydrogen-bond donors (Lipinski definition) is 1. The summed E-state index contributed by atoms with van der Waals surface area (Å²) in [5.74, 6) is 0. The molecule has 0 radical (unpaired) electrons. The van der Waals surface area contributed by atoms with E-state index < -0.39 is 0 Å². The van der Waals surface area contributed by atoms with E-state index >= 15 is 0 Å². The van der Waals surface area contributed by atoms with Crippen LogP contribution in [0.1, 0.15) is 35.0 Å². The van der Waals surface area contributed by atoms with Crippen LogP contribution in [-0.2, 0) is 0 Å². The first kappa shape index (κ1) is 15.5. The van der Waals surface area contributed by atoms with E-state index in [0.717, 1.165) is 10.6 Å². The fraction of sp³-hybridized carbons (Fsp3) is 0.375. The van der Waals surface area contributed by atoms with Gasteiger partial charge in [-0.1, -0.05) is 29.8 Å². The van der Waals surface area contributed by atoms with Crippen LogP contribution in [-0.4, -0.2) is 18.5 Å². The van der Waals surface area contributed by atoms with Gasteiger partial charge in [0.05, 0.1) is 6.04 Å². The minimum atomic E-state index is 0.221. The Morgan fingerprint density at radius 1 is 1.30 bits per heavy atom. The van der Waals surface area contributed by atoms with Gasteiger partial charge in [0.15, 0.2) is 0 Å². The molecule has 2 N–H and O–H groups in total. The highest BCUT2D eigenvalue weighted by Crippen LogP contribution is 2.34. The molecule has 0 amide bonds.